The first-order chi connectivity index (χ1) is 15.6. The lowest BCUT2D eigenvalue weighted by Crippen LogP contribution is -2.27. The number of nitrogens with zero attached hydrogens (tertiary/aromatic N) is 1. The first-order valence-corrected chi connectivity index (χ1v) is 12.8. The zero-order valence-corrected chi connectivity index (χ0v) is 21.2. The molecule has 2 heterocycles. The highest BCUT2D eigenvalue weighted by molar-refractivity contribution is 7.17. The molecule has 3 aromatic rings. The Bertz CT molecular complexity index is 1210. The maximum Gasteiger partial charge on any atom is 0.273 e. The van der Waals surface area contributed by atoms with Gasteiger partial charge in [-0.2, -0.15) is 0 Å². The van der Waals surface area contributed by atoms with Crippen LogP contribution < -0.4 is 11.1 Å². The summed E-state index contributed by atoms with van der Waals surface area (Å²) < 4.78 is 2.12. The average molecular weight is 466 g/mol. The van der Waals surface area contributed by atoms with Crippen molar-refractivity contribution in [1.82, 2.24) is 4.57 Å². The minimum Gasteiger partial charge on any atom is -0.365 e. The Morgan fingerprint density at radius 1 is 1.24 bits per heavy atom. The van der Waals surface area contributed by atoms with Crippen molar-refractivity contribution in [1.29, 1.82) is 0 Å². The van der Waals surface area contributed by atoms with Crippen LogP contribution >= 0.6 is 11.3 Å². The van der Waals surface area contributed by atoms with Crippen molar-refractivity contribution in [3.05, 3.63) is 51.5 Å². The summed E-state index contributed by atoms with van der Waals surface area (Å²) in [6.07, 6.45) is 4.83. The van der Waals surface area contributed by atoms with Crippen molar-refractivity contribution in [2.75, 3.05) is 5.32 Å². The van der Waals surface area contributed by atoms with Crippen LogP contribution in [0.1, 0.15) is 83.8 Å². The molecule has 2 aromatic heterocycles. The van der Waals surface area contributed by atoms with Gasteiger partial charge >= 0.3 is 0 Å². The van der Waals surface area contributed by atoms with Crippen LogP contribution in [0.15, 0.2) is 24.3 Å². The van der Waals surface area contributed by atoms with Crippen molar-refractivity contribution >= 4 is 39.1 Å². The first-order valence-electron chi connectivity index (χ1n) is 12.0. The Kier molecular flexibility index (Phi) is 6.41. The van der Waals surface area contributed by atoms with Crippen LogP contribution in [0.25, 0.3) is 10.9 Å². The zero-order chi connectivity index (χ0) is 23.9. The summed E-state index contributed by atoms with van der Waals surface area (Å²) in [4.78, 5) is 27.3. The predicted octanol–water partition coefficient (Wildman–Crippen LogP) is 6.31. The van der Waals surface area contributed by atoms with E-state index in [0.29, 0.717) is 22.2 Å². The lowest BCUT2D eigenvalue weighted by molar-refractivity contribution is 0.1000. The first kappa shape index (κ1) is 23.6. The number of carbonyl (C=O) groups is 2. The van der Waals surface area contributed by atoms with Crippen LogP contribution in [-0.4, -0.2) is 16.4 Å². The fourth-order valence-electron chi connectivity index (χ4n) is 5.15. The van der Waals surface area contributed by atoms with Gasteiger partial charge in [-0.15, -0.1) is 11.3 Å². The lowest BCUT2D eigenvalue weighted by atomic mass is 9.72. The molecule has 3 N–H and O–H groups in total. The van der Waals surface area contributed by atoms with E-state index in [-0.39, 0.29) is 11.3 Å². The highest BCUT2D eigenvalue weighted by atomic mass is 32.1. The summed E-state index contributed by atoms with van der Waals surface area (Å²) in [7, 11) is 0. The van der Waals surface area contributed by atoms with Gasteiger partial charge in [0.25, 0.3) is 11.8 Å². The second-order valence-electron chi connectivity index (χ2n) is 10.3. The van der Waals surface area contributed by atoms with Gasteiger partial charge in [0.1, 0.15) is 10.7 Å². The molecule has 6 heteroatoms. The summed E-state index contributed by atoms with van der Waals surface area (Å²) in [5.74, 6) is -0.0831. The number of nitrogens with two attached hydrogens (primary N) is 1. The number of hydrogen-bond donors (Lipinski definition) is 2. The number of amides is 2. The number of benzene rings is 1. The Balaban J connectivity index is 1.73. The number of fused-ring (bicyclic) bond motifs is 2. The van der Waals surface area contributed by atoms with Crippen LogP contribution in [0.4, 0.5) is 5.00 Å². The summed E-state index contributed by atoms with van der Waals surface area (Å²) in [6, 6.07) is 8.15. The summed E-state index contributed by atoms with van der Waals surface area (Å²) in [6.45, 7) is 11.7. The van der Waals surface area contributed by atoms with Crippen LogP contribution in [0.2, 0.25) is 0 Å². The van der Waals surface area contributed by atoms with Crippen molar-refractivity contribution < 1.29 is 9.59 Å². The zero-order valence-electron chi connectivity index (χ0n) is 20.4. The van der Waals surface area contributed by atoms with Crippen LogP contribution in [0, 0.1) is 18.3 Å². The molecule has 0 radical (unpaired) electrons. The summed E-state index contributed by atoms with van der Waals surface area (Å²) in [5, 5.41) is 4.78. The fraction of sp³-hybridized carbons (Fsp3) is 0.481. The van der Waals surface area contributed by atoms with Gasteiger partial charge in [-0.3, -0.25) is 9.59 Å². The molecule has 5 nitrogen and oxygen atoms in total. The third kappa shape index (κ3) is 4.33. The number of carbonyl (C=O) groups excluding carboxylic acids is 2. The van der Waals surface area contributed by atoms with Crippen molar-refractivity contribution in [3.8, 4) is 0 Å². The van der Waals surface area contributed by atoms with E-state index in [0.717, 1.165) is 60.7 Å². The van der Waals surface area contributed by atoms with E-state index < -0.39 is 5.91 Å². The number of hydrogen-bond acceptors (Lipinski definition) is 3. The third-order valence-electron chi connectivity index (χ3n) is 7.14. The number of unbranched alkanes of at least 4 members (excludes halogenated alkanes) is 1. The van der Waals surface area contributed by atoms with E-state index in [4.69, 9.17) is 5.73 Å². The van der Waals surface area contributed by atoms with E-state index in [1.165, 1.54) is 16.2 Å². The van der Waals surface area contributed by atoms with E-state index >= 15 is 0 Å². The molecule has 0 bridgehead atoms. The van der Waals surface area contributed by atoms with E-state index in [2.05, 4.69) is 49.7 Å². The smallest absolute Gasteiger partial charge is 0.273 e. The van der Waals surface area contributed by atoms with Gasteiger partial charge in [0, 0.05) is 22.3 Å². The van der Waals surface area contributed by atoms with Gasteiger partial charge in [-0.25, -0.2) is 0 Å². The van der Waals surface area contributed by atoms with Gasteiger partial charge in [-0.05, 0) is 61.1 Å². The number of anilines is 1. The molecule has 176 valence electrons. The van der Waals surface area contributed by atoms with Crippen LogP contribution in [0.5, 0.6) is 0 Å². The van der Waals surface area contributed by atoms with Gasteiger partial charge in [0.05, 0.1) is 5.56 Å². The highest BCUT2D eigenvalue weighted by Gasteiger charge is 2.34. The highest BCUT2D eigenvalue weighted by Crippen LogP contribution is 2.44. The molecule has 1 unspecified atom stereocenters. The largest absolute Gasteiger partial charge is 0.365 e. The molecule has 1 aromatic carbocycles. The minimum atomic E-state index is -0.458. The molecule has 0 saturated heterocycles. The maximum absolute atomic E-state index is 13.6. The number of aryl methyl sites for hydroxylation is 2. The standard InChI is InChI=1S/C27H35N3O2S/c1-6-7-14-30-20-11-9-8-10-18(20)16(2)23(30)25(32)29-26-22(24(28)31)19-13-12-17(27(3,4)5)15-21(19)33-26/h8-11,17H,6-7,12-15H2,1-5H3,(H2,28,31)(H,29,32). The quantitative estimate of drug-likeness (QED) is 0.447. The van der Waals surface area contributed by atoms with Gasteiger partial charge < -0.3 is 15.6 Å². The Hall–Kier alpha value is -2.60. The Labute approximate surface area is 200 Å². The number of rotatable bonds is 6. The molecule has 0 saturated carbocycles. The number of aromatic nitrogens is 1. The second kappa shape index (κ2) is 8.98. The molecule has 0 fully saturated rings. The molecule has 1 atom stereocenters. The van der Waals surface area contributed by atoms with Crippen molar-refractivity contribution in [2.24, 2.45) is 17.1 Å². The lowest BCUT2D eigenvalue weighted by Gasteiger charge is -2.33. The number of primary amides is 1. The van der Waals surface area contributed by atoms with Crippen molar-refractivity contribution in [3.63, 3.8) is 0 Å². The molecular weight excluding hydrogens is 430 g/mol. The minimum absolute atomic E-state index is 0.173. The molecule has 33 heavy (non-hydrogen) atoms. The predicted molar refractivity (Wildman–Crippen MR) is 137 cm³/mol. The number of thiophene rings is 1. The number of nitrogens with one attached hydrogen (secondary N) is 1. The second-order valence-corrected chi connectivity index (χ2v) is 11.4. The van der Waals surface area contributed by atoms with Gasteiger partial charge in [-0.1, -0.05) is 52.3 Å². The van der Waals surface area contributed by atoms with Crippen LogP contribution in [-0.2, 0) is 19.4 Å². The molecule has 2 amide bonds. The molecule has 1 aliphatic carbocycles. The molecule has 1 aliphatic rings. The Morgan fingerprint density at radius 2 is 1.97 bits per heavy atom. The summed E-state index contributed by atoms with van der Waals surface area (Å²) >= 11 is 1.53. The molecular formula is C27H35N3O2S. The summed E-state index contributed by atoms with van der Waals surface area (Å²) in [5.41, 5.74) is 10.3. The molecule has 0 spiro atoms. The van der Waals surface area contributed by atoms with E-state index in [9.17, 15) is 9.59 Å². The Morgan fingerprint density at radius 3 is 2.64 bits per heavy atom. The van der Waals surface area contributed by atoms with E-state index in [1.54, 1.807) is 0 Å². The number of para-hydroxylation sites is 1. The normalized spacial score (nSPS) is 16.1. The average Bonchev–Trinajstić information content (AvgIpc) is 3.26. The van der Waals surface area contributed by atoms with Gasteiger partial charge in [0.2, 0.25) is 0 Å². The SMILES string of the molecule is CCCCn1c(C(=O)Nc2sc3c(c2C(N)=O)CCC(C(C)(C)C)C3)c(C)c2ccccc21. The monoisotopic (exact) mass is 465 g/mol. The topological polar surface area (TPSA) is 77.1 Å². The van der Waals surface area contributed by atoms with Gasteiger partial charge in [0.15, 0.2) is 0 Å². The fourth-order valence-corrected chi connectivity index (χ4v) is 6.48. The third-order valence-corrected chi connectivity index (χ3v) is 8.31. The molecule has 0 aliphatic heterocycles. The molecule has 4 rings (SSSR count). The van der Waals surface area contributed by atoms with Crippen LogP contribution in [0.3, 0.4) is 0 Å². The van der Waals surface area contributed by atoms with E-state index in [1.807, 2.05) is 19.1 Å². The van der Waals surface area contributed by atoms with Crippen molar-refractivity contribution in [2.45, 2.75) is 73.3 Å². The maximum atomic E-state index is 13.6.